The van der Waals surface area contributed by atoms with Crippen LogP contribution in [0, 0.1) is 6.92 Å². The number of rotatable bonds is 7. The van der Waals surface area contributed by atoms with E-state index < -0.39 is 0 Å². The van der Waals surface area contributed by atoms with Crippen molar-refractivity contribution < 1.29 is 4.74 Å². The van der Waals surface area contributed by atoms with E-state index in [1.807, 2.05) is 19.2 Å². The van der Waals surface area contributed by atoms with Gasteiger partial charge in [0.2, 0.25) is 0 Å². The molecule has 6 heteroatoms. The first-order valence-electron chi connectivity index (χ1n) is 6.47. The van der Waals surface area contributed by atoms with Gasteiger partial charge in [-0.05, 0) is 26.0 Å². The van der Waals surface area contributed by atoms with Crippen LogP contribution in [0.5, 0.6) is 0 Å². The molecule has 19 heavy (non-hydrogen) atoms. The fraction of sp³-hybridized carbons (Fsp3) is 0.538. The van der Waals surface area contributed by atoms with Crippen molar-refractivity contribution in [2.45, 2.75) is 19.9 Å². The largest absolute Gasteiger partial charge is 0.383 e. The summed E-state index contributed by atoms with van der Waals surface area (Å²) in [6.07, 6.45) is 4.52. The summed E-state index contributed by atoms with van der Waals surface area (Å²) < 4.78 is 8.31. The van der Waals surface area contributed by atoms with Crippen LogP contribution in [-0.4, -0.2) is 41.0 Å². The Morgan fingerprint density at radius 1 is 1.37 bits per heavy atom. The lowest BCUT2D eigenvalue weighted by Gasteiger charge is -2.07. The van der Waals surface area contributed by atoms with Gasteiger partial charge in [-0.25, -0.2) is 4.52 Å². The zero-order chi connectivity index (χ0) is 13.7. The fourth-order valence-corrected chi connectivity index (χ4v) is 2.00. The quantitative estimate of drug-likeness (QED) is 0.737. The van der Waals surface area contributed by atoms with Crippen molar-refractivity contribution >= 4 is 5.52 Å². The molecule has 104 valence electrons. The second kappa shape index (κ2) is 6.49. The number of aromatic nitrogens is 3. The molecule has 0 amide bonds. The van der Waals surface area contributed by atoms with Crippen LogP contribution in [0.3, 0.4) is 0 Å². The van der Waals surface area contributed by atoms with Crippen molar-refractivity contribution in [1.82, 2.24) is 19.5 Å². The molecule has 0 bridgehead atoms. The molecule has 0 fully saturated rings. The van der Waals surface area contributed by atoms with E-state index in [9.17, 15) is 4.79 Å². The Balaban J connectivity index is 1.94. The maximum absolute atomic E-state index is 12.2. The van der Waals surface area contributed by atoms with Gasteiger partial charge in [0.1, 0.15) is 5.52 Å². The third-order valence-corrected chi connectivity index (χ3v) is 2.96. The van der Waals surface area contributed by atoms with Gasteiger partial charge in [0.15, 0.2) is 0 Å². The van der Waals surface area contributed by atoms with E-state index in [0.29, 0.717) is 18.7 Å². The van der Waals surface area contributed by atoms with Crippen molar-refractivity contribution in [3.63, 3.8) is 0 Å². The van der Waals surface area contributed by atoms with Gasteiger partial charge in [-0.3, -0.25) is 4.79 Å². The molecule has 2 aromatic rings. The first kappa shape index (κ1) is 13.8. The Hall–Kier alpha value is -1.66. The van der Waals surface area contributed by atoms with E-state index in [4.69, 9.17) is 4.74 Å². The topological polar surface area (TPSA) is 60.6 Å². The van der Waals surface area contributed by atoms with E-state index in [-0.39, 0.29) is 5.56 Å². The van der Waals surface area contributed by atoms with Crippen LogP contribution in [0.2, 0.25) is 0 Å². The van der Waals surface area contributed by atoms with Crippen LogP contribution < -0.4 is 10.9 Å². The van der Waals surface area contributed by atoms with Gasteiger partial charge in [-0.15, -0.1) is 0 Å². The minimum absolute atomic E-state index is 0.0139. The highest BCUT2D eigenvalue weighted by Crippen LogP contribution is 2.00. The SMILES string of the molecule is COCCNCCCn1ccn2nc(C)cc2c1=O. The van der Waals surface area contributed by atoms with Gasteiger partial charge < -0.3 is 14.6 Å². The minimum atomic E-state index is 0.0139. The average Bonchev–Trinajstić information content (AvgIpc) is 2.77. The van der Waals surface area contributed by atoms with E-state index in [1.54, 1.807) is 22.4 Å². The number of aryl methyl sites for hydroxylation is 2. The zero-order valence-corrected chi connectivity index (χ0v) is 11.4. The maximum Gasteiger partial charge on any atom is 0.276 e. The molecule has 0 unspecified atom stereocenters. The predicted molar refractivity (Wildman–Crippen MR) is 73.6 cm³/mol. The lowest BCUT2D eigenvalue weighted by atomic mass is 10.4. The monoisotopic (exact) mass is 264 g/mol. The number of ether oxygens (including phenoxy) is 1. The maximum atomic E-state index is 12.2. The third kappa shape index (κ3) is 3.42. The van der Waals surface area contributed by atoms with E-state index in [2.05, 4.69) is 10.4 Å². The molecule has 2 rings (SSSR count). The zero-order valence-electron chi connectivity index (χ0n) is 11.4. The van der Waals surface area contributed by atoms with Crippen molar-refractivity contribution in [3.8, 4) is 0 Å². The van der Waals surface area contributed by atoms with Crippen LogP contribution >= 0.6 is 0 Å². The Morgan fingerprint density at radius 2 is 2.21 bits per heavy atom. The summed E-state index contributed by atoms with van der Waals surface area (Å²) in [4.78, 5) is 12.2. The van der Waals surface area contributed by atoms with E-state index in [1.165, 1.54) is 0 Å². The third-order valence-electron chi connectivity index (χ3n) is 2.96. The molecule has 0 saturated heterocycles. The summed E-state index contributed by atoms with van der Waals surface area (Å²) in [7, 11) is 1.68. The van der Waals surface area contributed by atoms with Gasteiger partial charge in [0, 0.05) is 32.6 Å². The van der Waals surface area contributed by atoms with E-state index >= 15 is 0 Å². The highest BCUT2D eigenvalue weighted by Gasteiger charge is 2.04. The van der Waals surface area contributed by atoms with Crippen LogP contribution in [0.15, 0.2) is 23.3 Å². The minimum Gasteiger partial charge on any atom is -0.383 e. The summed E-state index contributed by atoms with van der Waals surface area (Å²) in [5.74, 6) is 0. The number of hydrogen-bond acceptors (Lipinski definition) is 4. The first-order valence-corrected chi connectivity index (χ1v) is 6.47. The number of methoxy groups -OCH3 is 1. The smallest absolute Gasteiger partial charge is 0.276 e. The van der Waals surface area contributed by atoms with Crippen LogP contribution in [-0.2, 0) is 11.3 Å². The number of hydrogen-bond donors (Lipinski definition) is 1. The van der Waals surface area contributed by atoms with Crippen LogP contribution in [0.1, 0.15) is 12.1 Å². The number of fused-ring (bicyclic) bond motifs is 1. The Kier molecular flexibility index (Phi) is 4.70. The predicted octanol–water partition coefficient (Wildman–Crippen LogP) is 0.431. The lowest BCUT2D eigenvalue weighted by Crippen LogP contribution is -2.25. The van der Waals surface area contributed by atoms with Gasteiger partial charge in [0.05, 0.1) is 12.3 Å². The first-order chi connectivity index (χ1) is 9.22. The number of nitrogens with one attached hydrogen (secondary N) is 1. The lowest BCUT2D eigenvalue weighted by molar-refractivity contribution is 0.199. The fourth-order valence-electron chi connectivity index (χ4n) is 2.00. The van der Waals surface area contributed by atoms with Crippen molar-refractivity contribution in [2.75, 3.05) is 26.8 Å². The Labute approximate surface area is 112 Å². The molecule has 0 radical (unpaired) electrons. The molecule has 0 aliphatic heterocycles. The molecular formula is C13H20N4O2. The van der Waals surface area contributed by atoms with Gasteiger partial charge in [-0.2, -0.15) is 5.10 Å². The second-order valence-electron chi connectivity index (χ2n) is 4.51. The summed E-state index contributed by atoms with van der Waals surface area (Å²) in [6.45, 7) is 5.02. The van der Waals surface area contributed by atoms with Crippen LogP contribution in [0.4, 0.5) is 0 Å². The molecule has 6 nitrogen and oxygen atoms in total. The summed E-state index contributed by atoms with van der Waals surface area (Å²) in [6, 6.07) is 1.82. The highest BCUT2D eigenvalue weighted by molar-refractivity contribution is 5.44. The van der Waals surface area contributed by atoms with Gasteiger partial charge >= 0.3 is 0 Å². The molecular weight excluding hydrogens is 244 g/mol. The summed E-state index contributed by atoms with van der Waals surface area (Å²) in [5.41, 5.74) is 1.50. The van der Waals surface area contributed by atoms with Crippen LogP contribution in [0.25, 0.3) is 5.52 Å². The van der Waals surface area contributed by atoms with Gasteiger partial charge in [0.25, 0.3) is 5.56 Å². The highest BCUT2D eigenvalue weighted by atomic mass is 16.5. The summed E-state index contributed by atoms with van der Waals surface area (Å²) >= 11 is 0. The second-order valence-corrected chi connectivity index (χ2v) is 4.51. The molecule has 0 spiro atoms. The normalized spacial score (nSPS) is 11.3. The standard InChI is InChI=1S/C13H20N4O2/c1-11-10-12-13(18)16(7-8-17(12)15-11)6-3-4-14-5-9-19-2/h7-8,10,14H,3-6,9H2,1-2H3. The Bertz CT molecular complexity index is 588. The van der Waals surface area contributed by atoms with Crippen molar-refractivity contribution in [2.24, 2.45) is 0 Å². The molecule has 0 aliphatic rings. The van der Waals surface area contributed by atoms with Gasteiger partial charge in [-0.1, -0.05) is 0 Å². The molecule has 2 aromatic heterocycles. The molecule has 0 atom stereocenters. The molecule has 0 saturated carbocycles. The molecule has 0 aliphatic carbocycles. The molecule has 0 aromatic carbocycles. The number of nitrogens with zero attached hydrogens (tertiary/aromatic N) is 3. The Morgan fingerprint density at radius 3 is 3.00 bits per heavy atom. The molecule has 2 heterocycles. The summed E-state index contributed by atoms with van der Waals surface area (Å²) in [5, 5.41) is 7.48. The van der Waals surface area contributed by atoms with Crippen molar-refractivity contribution in [1.29, 1.82) is 0 Å². The average molecular weight is 264 g/mol. The van der Waals surface area contributed by atoms with Crippen molar-refractivity contribution in [3.05, 3.63) is 34.5 Å². The molecule has 1 N–H and O–H groups in total. The van der Waals surface area contributed by atoms with E-state index in [0.717, 1.165) is 25.2 Å².